The van der Waals surface area contributed by atoms with Crippen LogP contribution >= 0.6 is 0 Å². The topological polar surface area (TPSA) is 40.2 Å². The summed E-state index contributed by atoms with van der Waals surface area (Å²) in [6.07, 6.45) is 0. The van der Waals surface area contributed by atoms with Crippen molar-refractivity contribution in [3.05, 3.63) is 42.0 Å². The highest BCUT2D eigenvalue weighted by Gasteiger charge is 2.13. The molecule has 1 heterocycles. The molecule has 112 valence electrons. The quantitative estimate of drug-likeness (QED) is 0.883. The van der Waals surface area contributed by atoms with Crippen molar-refractivity contribution in [2.45, 2.75) is 6.92 Å². The van der Waals surface area contributed by atoms with Crippen LogP contribution in [-0.2, 0) is 0 Å². The lowest BCUT2D eigenvalue weighted by Crippen LogP contribution is -2.12. The number of aromatic nitrogens is 1. The van der Waals surface area contributed by atoms with Crippen LogP contribution in [0.25, 0.3) is 0 Å². The Bertz CT molecular complexity index is 629. The van der Waals surface area contributed by atoms with Crippen LogP contribution in [0.4, 0.5) is 31.8 Å². The lowest BCUT2D eigenvalue weighted by molar-refractivity contribution is 0.579. The highest BCUT2D eigenvalue weighted by atomic mass is 19.1. The maximum atomic E-state index is 13.9. The van der Waals surface area contributed by atoms with Crippen LogP contribution in [0.15, 0.2) is 30.3 Å². The van der Waals surface area contributed by atoms with E-state index in [2.05, 4.69) is 15.6 Å². The molecular formula is C15H18F2N4. The van der Waals surface area contributed by atoms with E-state index < -0.39 is 11.6 Å². The largest absolute Gasteiger partial charge is 0.376 e. The Morgan fingerprint density at radius 2 is 1.76 bits per heavy atom. The summed E-state index contributed by atoms with van der Waals surface area (Å²) in [5, 5.41) is 5.68. The maximum Gasteiger partial charge on any atom is 0.169 e. The van der Waals surface area contributed by atoms with Crippen molar-refractivity contribution in [1.29, 1.82) is 0 Å². The average Bonchev–Trinajstić information content (AvgIpc) is 2.44. The molecule has 4 nitrogen and oxygen atoms in total. The zero-order chi connectivity index (χ0) is 15.4. The summed E-state index contributed by atoms with van der Waals surface area (Å²) >= 11 is 0. The van der Waals surface area contributed by atoms with Gasteiger partial charge in [-0.15, -0.1) is 0 Å². The van der Waals surface area contributed by atoms with E-state index in [1.807, 2.05) is 50.2 Å². The van der Waals surface area contributed by atoms with Crippen molar-refractivity contribution in [2.75, 3.05) is 36.2 Å². The van der Waals surface area contributed by atoms with Gasteiger partial charge < -0.3 is 15.5 Å². The van der Waals surface area contributed by atoms with Crippen molar-refractivity contribution < 1.29 is 8.78 Å². The third kappa shape index (κ3) is 3.39. The summed E-state index contributed by atoms with van der Waals surface area (Å²) in [6, 6.07) is 8.26. The predicted octanol–water partition coefficient (Wildman–Crippen LogP) is 3.60. The van der Waals surface area contributed by atoms with Gasteiger partial charge in [0.25, 0.3) is 0 Å². The molecule has 0 amide bonds. The Morgan fingerprint density at radius 3 is 2.43 bits per heavy atom. The van der Waals surface area contributed by atoms with Crippen LogP contribution in [0, 0.1) is 11.6 Å². The van der Waals surface area contributed by atoms with E-state index in [4.69, 9.17) is 0 Å². The summed E-state index contributed by atoms with van der Waals surface area (Å²) in [5.41, 5.74) is 1.58. The summed E-state index contributed by atoms with van der Waals surface area (Å²) in [4.78, 5) is 5.86. The van der Waals surface area contributed by atoms with Gasteiger partial charge in [-0.2, -0.15) is 0 Å². The Morgan fingerprint density at radius 1 is 1.10 bits per heavy atom. The van der Waals surface area contributed by atoms with E-state index in [9.17, 15) is 8.78 Å². The van der Waals surface area contributed by atoms with Crippen LogP contribution < -0.4 is 15.5 Å². The number of para-hydroxylation sites is 2. The van der Waals surface area contributed by atoms with Gasteiger partial charge in [0.15, 0.2) is 23.3 Å². The van der Waals surface area contributed by atoms with Crippen molar-refractivity contribution in [3.8, 4) is 0 Å². The first-order valence-corrected chi connectivity index (χ1v) is 6.66. The number of hydrogen-bond donors (Lipinski definition) is 2. The Kier molecular flexibility index (Phi) is 4.57. The number of hydrogen-bond acceptors (Lipinski definition) is 4. The van der Waals surface area contributed by atoms with E-state index in [-0.39, 0.29) is 11.6 Å². The van der Waals surface area contributed by atoms with E-state index in [0.29, 0.717) is 12.2 Å². The standard InChI is InChI=1S/C15H18F2N4/c1-4-18-14-10(16)9-11(17)15(20-14)19-12-7-5-6-8-13(12)21(2)3/h5-9H,4H2,1-3H3,(H2,18,19,20). The maximum absolute atomic E-state index is 13.9. The summed E-state index contributed by atoms with van der Waals surface area (Å²) < 4.78 is 27.4. The Balaban J connectivity index is 2.38. The molecule has 0 radical (unpaired) electrons. The zero-order valence-electron chi connectivity index (χ0n) is 12.2. The van der Waals surface area contributed by atoms with Gasteiger partial charge in [0.05, 0.1) is 11.4 Å². The second-order valence-electron chi connectivity index (χ2n) is 4.72. The number of anilines is 4. The van der Waals surface area contributed by atoms with E-state index in [0.717, 1.165) is 11.8 Å². The van der Waals surface area contributed by atoms with Crippen LogP contribution in [0.5, 0.6) is 0 Å². The summed E-state index contributed by atoms with van der Waals surface area (Å²) in [5.74, 6) is -1.42. The molecule has 0 spiro atoms. The van der Waals surface area contributed by atoms with Crippen molar-refractivity contribution in [1.82, 2.24) is 4.98 Å². The minimum absolute atomic E-state index is 0.0124. The Labute approximate surface area is 122 Å². The molecule has 0 fully saturated rings. The number of pyridine rings is 1. The molecule has 0 aliphatic heterocycles. The highest BCUT2D eigenvalue weighted by molar-refractivity contribution is 5.74. The molecule has 21 heavy (non-hydrogen) atoms. The molecule has 0 unspecified atom stereocenters. The van der Waals surface area contributed by atoms with Gasteiger partial charge in [-0.25, -0.2) is 13.8 Å². The fourth-order valence-electron chi connectivity index (χ4n) is 1.94. The van der Waals surface area contributed by atoms with Crippen molar-refractivity contribution >= 4 is 23.0 Å². The normalized spacial score (nSPS) is 10.3. The smallest absolute Gasteiger partial charge is 0.169 e. The van der Waals surface area contributed by atoms with E-state index in [1.54, 1.807) is 0 Å². The summed E-state index contributed by atoms with van der Waals surface area (Å²) in [7, 11) is 3.78. The van der Waals surface area contributed by atoms with Crippen LogP contribution in [-0.4, -0.2) is 25.6 Å². The van der Waals surface area contributed by atoms with Gasteiger partial charge in [-0.1, -0.05) is 12.1 Å². The molecule has 0 saturated carbocycles. The highest BCUT2D eigenvalue weighted by Crippen LogP contribution is 2.28. The minimum Gasteiger partial charge on any atom is -0.376 e. The van der Waals surface area contributed by atoms with Gasteiger partial charge in [-0.3, -0.25) is 0 Å². The fraction of sp³-hybridized carbons (Fsp3) is 0.267. The Hall–Kier alpha value is -2.37. The molecule has 0 saturated heterocycles. The number of nitrogens with zero attached hydrogens (tertiary/aromatic N) is 2. The molecule has 0 bridgehead atoms. The van der Waals surface area contributed by atoms with Gasteiger partial charge in [0.2, 0.25) is 0 Å². The number of nitrogens with one attached hydrogen (secondary N) is 2. The van der Waals surface area contributed by atoms with Crippen LogP contribution in [0.1, 0.15) is 6.92 Å². The third-order valence-corrected chi connectivity index (χ3v) is 2.91. The molecule has 2 aromatic rings. The SMILES string of the molecule is CCNc1nc(Nc2ccccc2N(C)C)c(F)cc1F. The van der Waals surface area contributed by atoms with Gasteiger partial charge in [0, 0.05) is 26.7 Å². The minimum atomic E-state index is -0.734. The monoisotopic (exact) mass is 292 g/mol. The first kappa shape index (κ1) is 15.0. The molecule has 0 atom stereocenters. The van der Waals surface area contributed by atoms with Gasteiger partial charge >= 0.3 is 0 Å². The molecule has 6 heteroatoms. The lowest BCUT2D eigenvalue weighted by atomic mass is 10.2. The first-order valence-electron chi connectivity index (χ1n) is 6.66. The third-order valence-electron chi connectivity index (χ3n) is 2.91. The molecule has 2 N–H and O–H groups in total. The first-order chi connectivity index (χ1) is 10.0. The molecule has 1 aromatic heterocycles. The number of halogens is 2. The summed E-state index contributed by atoms with van der Waals surface area (Å²) in [6.45, 7) is 2.32. The van der Waals surface area contributed by atoms with E-state index >= 15 is 0 Å². The van der Waals surface area contributed by atoms with Crippen LogP contribution in [0.2, 0.25) is 0 Å². The number of benzene rings is 1. The molecular weight excluding hydrogens is 274 g/mol. The second-order valence-corrected chi connectivity index (χ2v) is 4.72. The van der Waals surface area contributed by atoms with Gasteiger partial charge in [-0.05, 0) is 19.1 Å². The van der Waals surface area contributed by atoms with Crippen LogP contribution in [0.3, 0.4) is 0 Å². The van der Waals surface area contributed by atoms with E-state index in [1.165, 1.54) is 0 Å². The number of rotatable bonds is 5. The average molecular weight is 292 g/mol. The lowest BCUT2D eigenvalue weighted by Gasteiger charge is -2.18. The van der Waals surface area contributed by atoms with Crippen molar-refractivity contribution in [2.24, 2.45) is 0 Å². The molecule has 2 rings (SSSR count). The predicted molar refractivity (Wildman–Crippen MR) is 82.4 cm³/mol. The molecule has 0 aliphatic carbocycles. The zero-order valence-corrected chi connectivity index (χ0v) is 12.2. The second kappa shape index (κ2) is 6.39. The van der Waals surface area contributed by atoms with Gasteiger partial charge in [0.1, 0.15) is 0 Å². The van der Waals surface area contributed by atoms with Crippen molar-refractivity contribution in [3.63, 3.8) is 0 Å². The molecule has 0 aliphatic rings. The molecule has 1 aromatic carbocycles. The fourth-order valence-corrected chi connectivity index (χ4v) is 1.94.